The maximum atomic E-state index is 12.9. The molecule has 9 heteroatoms. The molecule has 0 aromatic carbocycles. The summed E-state index contributed by atoms with van der Waals surface area (Å²) in [6, 6.07) is 0. The van der Waals surface area contributed by atoms with Gasteiger partial charge in [0, 0.05) is 12.8 Å². The van der Waals surface area contributed by atoms with E-state index >= 15 is 0 Å². The lowest BCUT2D eigenvalue weighted by atomic mass is 10.0. The monoisotopic (exact) mass is 1000 g/mol. The summed E-state index contributed by atoms with van der Waals surface area (Å²) >= 11 is 0. The summed E-state index contributed by atoms with van der Waals surface area (Å²) in [6.45, 7) is 4.74. The maximum absolute atomic E-state index is 12.9. The number of esters is 2. The van der Waals surface area contributed by atoms with E-state index in [0.717, 1.165) is 64.2 Å². The lowest BCUT2D eigenvalue weighted by Crippen LogP contribution is -2.44. The van der Waals surface area contributed by atoms with Crippen LogP contribution in [0.15, 0.2) is 48.6 Å². The summed E-state index contributed by atoms with van der Waals surface area (Å²) in [7, 11) is 5.92. The molecule has 0 heterocycles. The quantitative estimate of drug-likeness (QED) is 0.0195. The smallest absolute Gasteiger partial charge is 0.306 e. The van der Waals surface area contributed by atoms with Crippen LogP contribution in [0.3, 0.4) is 0 Å². The number of nitrogens with zero attached hydrogens (tertiary/aromatic N) is 1. The van der Waals surface area contributed by atoms with Crippen molar-refractivity contribution < 1.29 is 42.9 Å². The predicted molar refractivity (Wildman–Crippen MR) is 297 cm³/mol. The number of quaternary nitrogens is 1. The van der Waals surface area contributed by atoms with Crippen molar-refractivity contribution in [2.24, 2.45) is 0 Å². The molecule has 2 unspecified atom stereocenters. The van der Waals surface area contributed by atoms with Gasteiger partial charge in [0.2, 0.25) is 0 Å². The summed E-state index contributed by atoms with van der Waals surface area (Å²) in [4.78, 5) is 37.2. The highest BCUT2D eigenvalue weighted by atomic mass is 16.7. The first-order chi connectivity index (χ1) is 34.6. The van der Waals surface area contributed by atoms with Crippen LogP contribution in [0.5, 0.6) is 0 Å². The molecule has 414 valence electrons. The molecule has 0 aliphatic carbocycles. The van der Waals surface area contributed by atoms with E-state index in [1.54, 1.807) is 0 Å². The molecule has 0 saturated heterocycles. The molecule has 0 aromatic rings. The number of hydrogen-bond donors (Lipinski definition) is 0. The first-order valence-electron chi connectivity index (χ1n) is 29.8. The Morgan fingerprint density at radius 1 is 0.423 bits per heavy atom. The highest BCUT2D eigenvalue weighted by Gasteiger charge is 2.22. The van der Waals surface area contributed by atoms with Crippen LogP contribution in [0.1, 0.15) is 271 Å². The number of aliphatic carboxylic acids is 1. The number of carboxylic acid groups (broad SMARTS) is 1. The fourth-order valence-electron chi connectivity index (χ4n) is 8.42. The van der Waals surface area contributed by atoms with Gasteiger partial charge in [0.05, 0.1) is 40.3 Å². The molecular weight excluding hydrogens is 887 g/mol. The van der Waals surface area contributed by atoms with E-state index in [-0.39, 0.29) is 38.6 Å². The zero-order chi connectivity index (χ0) is 52.0. The van der Waals surface area contributed by atoms with E-state index in [2.05, 4.69) is 62.5 Å². The van der Waals surface area contributed by atoms with Gasteiger partial charge in [-0.15, -0.1) is 0 Å². The first kappa shape index (κ1) is 68.2. The van der Waals surface area contributed by atoms with Crippen LogP contribution in [-0.2, 0) is 33.3 Å². The van der Waals surface area contributed by atoms with Crippen molar-refractivity contribution >= 4 is 17.9 Å². The highest BCUT2D eigenvalue weighted by molar-refractivity contribution is 5.70. The van der Waals surface area contributed by atoms with Crippen molar-refractivity contribution in [3.05, 3.63) is 48.6 Å². The molecule has 0 aliphatic heterocycles. The second kappa shape index (κ2) is 53.5. The average Bonchev–Trinajstić information content (AvgIpc) is 3.34. The Balaban J connectivity index is 4.14. The number of rotatable bonds is 55. The van der Waals surface area contributed by atoms with Crippen molar-refractivity contribution in [3.8, 4) is 0 Å². The Labute approximate surface area is 438 Å². The van der Waals surface area contributed by atoms with E-state index in [4.69, 9.17) is 18.9 Å². The van der Waals surface area contributed by atoms with Crippen LogP contribution in [0.4, 0.5) is 0 Å². The van der Waals surface area contributed by atoms with Gasteiger partial charge in [-0.3, -0.25) is 9.59 Å². The third-order valence-corrected chi connectivity index (χ3v) is 13.0. The molecule has 0 spiro atoms. The third kappa shape index (κ3) is 54.9. The van der Waals surface area contributed by atoms with Gasteiger partial charge in [-0.05, 0) is 77.0 Å². The topological polar surface area (TPSA) is 111 Å². The minimum atomic E-state index is -1.62. The minimum Gasteiger partial charge on any atom is -0.545 e. The second-order valence-corrected chi connectivity index (χ2v) is 21.3. The van der Waals surface area contributed by atoms with Crippen molar-refractivity contribution in [1.29, 1.82) is 0 Å². The molecule has 0 bridgehead atoms. The number of carbonyl (C=O) groups is 3. The van der Waals surface area contributed by atoms with Crippen molar-refractivity contribution in [1.82, 2.24) is 0 Å². The zero-order valence-electron chi connectivity index (χ0n) is 47.1. The predicted octanol–water partition coefficient (Wildman–Crippen LogP) is 16.1. The maximum Gasteiger partial charge on any atom is 0.306 e. The Kier molecular flexibility index (Phi) is 51.5. The van der Waals surface area contributed by atoms with Gasteiger partial charge in [-0.25, -0.2) is 0 Å². The van der Waals surface area contributed by atoms with Gasteiger partial charge in [0.15, 0.2) is 12.4 Å². The number of likely N-dealkylation sites (N-methyl/N-ethyl adjacent to an activating group) is 1. The molecule has 71 heavy (non-hydrogen) atoms. The Morgan fingerprint density at radius 3 is 1.14 bits per heavy atom. The summed E-state index contributed by atoms with van der Waals surface area (Å²) in [5.74, 6) is -2.28. The summed E-state index contributed by atoms with van der Waals surface area (Å²) in [5.41, 5.74) is 0. The lowest BCUT2D eigenvalue weighted by Gasteiger charge is -2.26. The highest BCUT2D eigenvalue weighted by Crippen LogP contribution is 2.16. The van der Waals surface area contributed by atoms with Crippen molar-refractivity contribution in [3.63, 3.8) is 0 Å². The van der Waals surface area contributed by atoms with Gasteiger partial charge in [-0.1, -0.05) is 229 Å². The van der Waals surface area contributed by atoms with E-state index in [1.807, 2.05) is 21.1 Å². The molecule has 0 aliphatic rings. The Bertz CT molecular complexity index is 1300. The van der Waals surface area contributed by atoms with Gasteiger partial charge in [-0.2, -0.15) is 0 Å². The molecule has 0 fully saturated rings. The van der Waals surface area contributed by atoms with Gasteiger partial charge >= 0.3 is 11.9 Å². The summed E-state index contributed by atoms with van der Waals surface area (Å²) < 4.78 is 22.7. The number of unbranched alkanes of at least 4 members (excludes halogenated alkanes) is 32. The average molecular weight is 1000 g/mol. The lowest BCUT2D eigenvalue weighted by molar-refractivity contribution is -0.870. The number of carbonyl (C=O) groups excluding carboxylic acids is 3. The van der Waals surface area contributed by atoms with Crippen molar-refractivity contribution in [2.75, 3.05) is 47.5 Å². The van der Waals surface area contributed by atoms with E-state index in [9.17, 15) is 19.5 Å². The van der Waals surface area contributed by atoms with Gasteiger partial charge in [0.25, 0.3) is 0 Å². The normalized spacial score (nSPS) is 13.1. The second-order valence-electron chi connectivity index (χ2n) is 21.3. The molecule has 2 atom stereocenters. The fourth-order valence-corrected chi connectivity index (χ4v) is 8.42. The number of ether oxygens (including phenoxy) is 4. The van der Waals surface area contributed by atoms with Crippen LogP contribution in [0, 0.1) is 0 Å². The van der Waals surface area contributed by atoms with E-state index < -0.39 is 24.3 Å². The molecule has 0 amide bonds. The number of allylic oxidation sites excluding steroid dienone is 8. The van der Waals surface area contributed by atoms with Crippen molar-refractivity contribution in [2.45, 2.75) is 283 Å². The fraction of sp³-hybridized carbons (Fsp3) is 0.823. The van der Waals surface area contributed by atoms with Crippen LogP contribution >= 0.6 is 0 Å². The number of carboxylic acids is 1. The van der Waals surface area contributed by atoms with Crippen LogP contribution in [0.25, 0.3) is 0 Å². The van der Waals surface area contributed by atoms with Crippen LogP contribution in [0.2, 0.25) is 0 Å². The number of hydrogen-bond acceptors (Lipinski definition) is 8. The van der Waals surface area contributed by atoms with E-state index in [0.29, 0.717) is 17.4 Å². The largest absolute Gasteiger partial charge is 0.545 e. The van der Waals surface area contributed by atoms with Gasteiger partial charge < -0.3 is 33.3 Å². The summed E-state index contributed by atoms with van der Waals surface area (Å²) in [5, 5.41) is 11.8. The molecule has 0 saturated carbocycles. The van der Waals surface area contributed by atoms with Gasteiger partial charge in [0.1, 0.15) is 13.2 Å². The molecule has 0 rings (SSSR count). The third-order valence-electron chi connectivity index (χ3n) is 13.0. The molecule has 0 N–H and O–H groups in total. The van der Waals surface area contributed by atoms with E-state index in [1.165, 1.54) is 173 Å². The Morgan fingerprint density at radius 2 is 0.761 bits per heavy atom. The Hall–Kier alpha value is -2.75. The zero-order valence-corrected chi connectivity index (χ0v) is 47.1. The standard InChI is InChI=1S/C62H113NO8/c1-6-8-10-12-14-16-18-20-22-23-24-25-26-27-28-29-30-31-32-33-34-35-36-37-39-41-43-45-47-49-51-53-60(65)71-58(57-70-62(61(66)67)68-55-54-63(3,4)5)56-69-59(64)52-50-48-46-44-42-40-38-21-19-17-15-13-11-9-7-2/h18,20-21,23-24,26-27,38,58,62H,6-17,19,22,25,28-37,39-57H2,1-5H3/b20-18-,24-23-,27-26-,38-21-. The SMILES string of the molecule is CCCCCCC/C=C\C/C=C\C/C=C\CCCCCCCCCCCCCCCCCCC(=O)OC(COC(=O)CCCCCCC/C=C\CCCCCCCC)COC(OCC[N+](C)(C)C)C(=O)[O-]. The van der Waals surface area contributed by atoms with Crippen LogP contribution in [-0.4, -0.2) is 82.3 Å². The molecule has 9 nitrogen and oxygen atoms in total. The molecule has 0 radical (unpaired) electrons. The minimum absolute atomic E-state index is 0.147. The molecular formula is C62H113NO8. The first-order valence-corrected chi connectivity index (χ1v) is 29.8. The molecule has 0 aromatic heterocycles. The summed E-state index contributed by atoms with van der Waals surface area (Å²) in [6.07, 6.45) is 63.1. The van der Waals surface area contributed by atoms with Crippen LogP contribution < -0.4 is 5.11 Å².